The smallest absolute Gasteiger partial charge is 0.306 e. The van der Waals surface area contributed by atoms with Gasteiger partial charge in [-0.15, -0.1) is 0 Å². The average molecular weight is 391 g/mol. The van der Waals surface area contributed by atoms with Crippen LogP contribution in [0.25, 0.3) is 0 Å². The van der Waals surface area contributed by atoms with E-state index >= 15 is 0 Å². The molecule has 0 saturated heterocycles. The molecule has 0 aliphatic rings. The van der Waals surface area contributed by atoms with Gasteiger partial charge >= 0.3 is 5.97 Å². The maximum Gasteiger partial charge on any atom is 0.306 e. The first kappa shape index (κ1) is 22.9. The van der Waals surface area contributed by atoms with Crippen molar-refractivity contribution in [2.24, 2.45) is 0 Å². The van der Waals surface area contributed by atoms with E-state index in [1.54, 1.807) is 0 Å². The molecular weight excluding hydrogens is 352 g/mol. The highest BCUT2D eigenvalue weighted by molar-refractivity contribution is 9.09. The van der Waals surface area contributed by atoms with Crippen LogP contribution in [0, 0.1) is 0 Å². The standard InChI is InChI=1S/C20H39BrO2/c1-3-5-6-7-8-9-10-11-12-13-16-19(15-4-2)23-20(22)17-14-18-21/h19H,3-18H2,1-2H3. The fourth-order valence-electron chi connectivity index (χ4n) is 2.90. The zero-order valence-electron chi connectivity index (χ0n) is 15.6. The molecule has 0 N–H and O–H groups in total. The summed E-state index contributed by atoms with van der Waals surface area (Å²) in [6, 6.07) is 0. The van der Waals surface area contributed by atoms with Crippen LogP contribution < -0.4 is 0 Å². The zero-order valence-corrected chi connectivity index (χ0v) is 17.2. The number of esters is 1. The predicted octanol–water partition coefficient (Wildman–Crippen LogP) is 7.18. The number of ether oxygens (including phenoxy) is 1. The zero-order chi connectivity index (χ0) is 17.2. The van der Waals surface area contributed by atoms with Gasteiger partial charge in [0.15, 0.2) is 0 Å². The van der Waals surface area contributed by atoms with E-state index in [1.165, 1.54) is 64.2 Å². The van der Waals surface area contributed by atoms with Crippen molar-refractivity contribution in [2.75, 3.05) is 5.33 Å². The van der Waals surface area contributed by atoms with Crippen LogP contribution in [0.15, 0.2) is 0 Å². The van der Waals surface area contributed by atoms with E-state index < -0.39 is 0 Å². The molecule has 0 aliphatic heterocycles. The van der Waals surface area contributed by atoms with Gasteiger partial charge in [-0.1, -0.05) is 94.0 Å². The number of halogens is 1. The Morgan fingerprint density at radius 2 is 1.35 bits per heavy atom. The molecule has 1 unspecified atom stereocenters. The Morgan fingerprint density at radius 1 is 0.783 bits per heavy atom. The Labute approximate surface area is 153 Å². The van der Waals surface area contributed by atoms with Crippen LogP contribution in [-0.2, 0) is 9.53 Å². The quantitative estimate of drug-likeness (QED) is 0.149. The van der Waals surface area contributed by atoms with Crippen molar-refractivity contribution in [3.8, 4) is 0 Å². The fraction of sp³-hybridized carbons (Fsp3) is 0.950. The van der Waals surface area contributed by atoms with Gasteiger partial charge in [-0.25, -0.2) is 0 Å². The van der Waals surface area contributed by atoms with Gasteiger partial charge in [-0.2, -0.15) is 0 Å². The third-order valence-electron chi connectivity index (χ3n) is 4.30. The summed E-state index contributed by atoms with van der Waals surface area (Å²) < 4.78 is 5.62. The Hall–Kier alpha value is -0.0500. The summed E-state index contributed by atoms with van der Waals surface area (Å²) >= 11 is 3.36. The molecule has 0 fully saturated rings. The van der Waals surface area contributed by atoms with E-state index in [0.29, 0.717) is 6.42 Å². The highest BCUT2D eigenvalue weighted by Crippen LogP contribution is 2.16. The molecule has 0 aromatic carbocycles. The normalized spacial score (nSPS) is 12.3. The molecular formula is C20H39BrO2. The molecule has 0 aromatic heterocycles. The maximum atomic E-state index is 11.7. The summed E-state index contributed by atoms with van der Waals surface area (Å²) in [7, 11) is 0. The van der Waals surface area contributed by atoms with Gasteiger partial charge in [0.1, 0.15) is 6.10 Å². The van der Waals surface area contributed by atoms with Crippen LogP contribution in [0.5, 0.6) is 0 Å². The van der Waals surface area contributed by atoms with Gasteiger partial charge < -0.3 is 4.74 Å². The monoisotopic (exact) mass is 390 g/mol. The summed E-state index contributed by atoms with van der Waals surface area (Å²) in [6.07, 6.45) is 18.3. The van der Waals surface area contributed by atoms with Crippen molar-refractivity contribution in [3.05, 3.63) is 0 Å². The third-order valence-corrected chi connectivity index (χ3v) is 4.86. The van der Waals surface area contributed by atoms with Crippen molar-refractivity contribution < 1.29 is 9.53 Å². The molecule has 0 aromatic rings. The minimum Gasteiger partial charge on any atom is -0.462 e. The second-order valence-electron chi connectivity index (χ2n) is 6.66. The van der Waals surface area contributed by atoms with Gasteiger partial charge in [-0.05, 0) is 25.7 Å². The number of alkyl halides is 1. The minimum absolute atomic E-state index is 0.0185. The summed E-state index contributed by atoms with van der Waals surface area (Å²) in [5.41, 5.74) is 0. The summed E-state index contributed by atoms with van der Waals surface area (Å²) in [5, 5.41) is 0.874. The SMILES string of the molecule is CCCCCCCCCCCCC(CCC)OC(=O)CCCBr. The molecule has 3 heteroatoms. The summed E-state index contributed by atoms with van der Waals surface area (Å²) in [4.78, 5) is 11.7. The van der Waals surface area contributed by atoms with Crippen molar-refractivity contribution >= 4 is 21.9 Å². The molecule has 0 aliphatic carbocycles. The summed E-state index contributed by atoms with van der Waals surface area (Å²) in [6.45, 7) is 4.43. The number of carbonyl (C=O) groups excluding carboxylic acids is 1. The molecule has 0 saturated carbocycles. The second-order valence-corrected chi connectivity index (χ2v) is 7.46. The molecule has 0 amide bonds. The molecule has 23 heavy (non-hydrogen) atoms. The van der Waals surface area contributed by atoms with Gasteiger partial charge in [0, 0.05) is 11.8 Å². The van der Waals surface area contributed by atoms with E-state index in [2.05, 4.69) is 29.8 Å². The fourth-order valence-corrected chi connectivity index (χ4v) is 3.18. The Balaban J connectivity index is 3.54. The number of hydrogen-bond donors (Lipinski definition) is 0. The highest BCUT2D eigenvalue weighted by atomic mass is 79.9. The molecule has 0 radical (unpaired) electrons. The van der Waals surface area contributed by atoms with Crippen LogP contribution >= 0.6 is 15.9 Å². The topological polar surface area (TPSA) is 26.3 Å². The molecule has 1 atom stereocenters. The number of rotatable bonds is 17. The van der Waals surface area contributed by atoms with E-state index in [4.69, 9.17) is 4.74 Å². The molecule has 0 spiro atoms. The molecule has 0 bridgehead atoms. The first-order valence-electron chi connectivity index (χ1n) is 10.00. The second kappa shape index (κ2) is 18.3. The van der Waals surface area contributed by atoms with Crippen LogP contribution in [0.4, 0.5) is 0 Å². The van der Waals surface area contributed by atoms with E-state index in [1.807, 2.05) is 0 Å². The van der Waals surface area contributed by atoms with Gasteiger partial charge in [0.2, 0.25) is 0 Å². The number of hydrogen-bond acceptors (Lipinski definition) is 2. The van der Waals surface area contributed by atoms with E-state index in [0.717, 1.165) is 31.0 Å². The number of carbonyl (C=O) groups is 1. The lowest BCUT2D eigenvalue weighted by molar-refractivity contribution is -0.149. The summed E-state index contributed by atoms with van der Waals surface area (Å²) in [5.74, 6) is -0.0185. The van der Waals surface area contributed by atoms with Gasteiger partial charge in [0.05, 0.1) is 0 Å². The van der Waals surface area contributed by atoms with Crippen LogP contribution in [0.3, 0.4) is 0 Å². The molecule has 0 heterocycles. The van der Waals surface area contributed by atoms with Crippen LogP contribution in [-0.4, -0.2) is 17.4 Å². The average Bonchev–Trinajstić information content (AvgIpc) is 2.54. The van der Waals surface area contributed by atoms with Crippen molar-refractivity contribution in [3.63, 3.8) is 0 Å². The maximum absolute atomic E-state index is 11.7. The first-order valence-corrected chi connectivity index (χ1v) is 11.1. The van der Waals surface area contributed by atoms with Crippen molar-refractivity contribution in [1.82, 2.24) is 0 Å². The minimum atomic E-state index is -0.0185. The predicted molar refractivity (Wildman–Crippen MR) is 104 cm³/mol. The van der Waals surface area contributed by atoms with Crippen molar-refractivity contribution in [2.45, 2.75) is 116 Å². The molecule has 0 rings (SSSR count). The van der Waals surface area contributed by atoms with Gasteiger partial charge in [0.25, 0.3) is 0 Å². The number of unbranched alkanes of at least 4 members (excludes halogenated alkanes) is 9. The lowest BCUT2D eigenvalue weighted by Crippen LogP contribution is -2.18. The third kappa shape index (κ3) is 16.6. The van der Waals surface area contributed by atoms with Crippen LogP contribution in [0.1, 0.15) is 110 Å². The van der Waals surface area contributed by atoms with Crippen LogP contribution in [0.2, 0.25) is 0 Å². The Morgan fingerprint density at radius 3 is 1.87 bits per heavy atom. The highest BCUT2D eigenvalue weighted by Gasteiger charge is 2.13. The van der Waals surface area contributed by atoms with E-state index in [-0.39, 0.29) is 12.1 Å². The first-order chi connectivity index (χ1) is 11.2. The Bertz CT molecular complexity index is 256. The van der Waals surface area contributed by atoms with Crippen molar-refractivity contribution in [1.29, 1.82) is 0 Å². The Kier molecular flexibility index (Phi) is 18.3. The molecule has 138 valence electrons. The molecule has 2 nitrogen and oxygen atoms in total. The lowest BCUT2D eigenvalue weighted by Gasteiger charge is -2.17. The largest absolute Gasteiger partial charge is 0.462 e. The van der Waals surface area contributed by atoms with E-state index in [9.17, 15) is 4.79 Å². The lowest BCUT2D eigenvalue weighted by atomic mass is 10.0. The van der Waals surface area contributed by atoms with Gasteiger partial charge in [-0.3, -0.25) is 4.79 Å².